The minimum atomic E-state index is -0.232. The number of carbonyl (C=O) groups excluding carboxylic acids is 1. The number of carbonyl (C=O) groups is 1. The summed E-state index contributed by atoms with van der Waals surface area (Å²) in [7, 11) is 0. The summed E-state index contributed by atoms with van der Waals surface area (Å²) in [6.07, 6.45) is 0.701. The van der Waals surface area contributed by atoms with Crippen molar-refractivity contribution in [3.8, 4) is 11.8 Å². The number of hydrogen-bond donors (Lipinski definition) is 2. The molecule has 2 N–H and O–H groups in total. The molecule has 2 aromatic carbocycles. The molecule has 0 unspecified atom stereocenters. The Morgan fingerprint density at radius 3 is 2.52 bits per heavy atom. The van der Waals surface area contributed by atoms with Crippen LogP contribution in [0.3, 0.4) is 0 Å². The van der Waals surface area contributed by atoms with E-state index >= 15 is 0 Å². The Kier molecular flexibility index (Phi) is 6.16. The predicted octanol–water partition coefficient (Wildman–Crippen LogP) is 1.79. The van der Waals surface area contributed by atoms with Crippen LogP contribution in [-0.4, -0.2) is 24.2 Å². The molecular weight excluding hydrogens is 292 g/mol. The number of benzene rings is 2. The van der Waals surface area contributed by atoms with E-state index in [2.05, 4.69) is 5.32 Å². The number of aliphatic hydroxyl groups excluding tert-OH is 1. The Labute approximate surface area is 135 Å². The third-order valence-electron chi connectivity index (χ3n) is 3.31. The smallest absolute Gasteiger partial charge is 0.257 e. The SMILES string of the molecule is N#Cc1ccccc1OCC(=O)NCCc1ccc(CO)cc1. The van der Waals surface area contributed by atoms with Crippen molar-refractivity contribution in [1.82, 2.24) is 5.32 Å². The van der Waals surface area contributed by atoms with E-state index in [-0.39, 0.29) is 19.1 Å². The molecule has 2 aromatic rings. The Morgan fingerprint density at radius 1 is 1.13 bits per heavy atom. The molecule has 2 rings (SSSR count). The Hall–Kier alpha value is -2.84. The van der Waals surface area contributed by atoms with Crippen molar-refractivity contribution in [3.05, 3.63) is 65.2 Å². The number of nitrogens with one attached hydrogen (secondary N) is 1. The minimum Gasteiger partial charge on any atom is -0.482 e. The van der Waals surface area contributed by atoms with Gasteiger partial charge in [-0.05, 0) is 29.7 Å². The third-order valence-corrected chi connectivity index (χ3v) is 3.31. The van der Waals surface area contributed by atoms with E-state index in [1.807, 2.05) is 30.3 Å². The fourth-order valence-corrected chi connectivity index (χ4v) is 2.04. The average molecular weight is 310 g/mol. The van der Waals surface area contributed by atoms with Crippen molar-refractivity contribution < 1.29 is 14.6 Å². The number of rotatable bonds is 7. The number of ether oxygens (including phenoxy) is 1. The fourth-order valence-electron chi connectivity index (χ4n) is 2.04. The van der Waals surface area contributed by atoms with E-state index in [0.717, 1.165) is 11.1 Å². The number of aliphatic hydroxyl groups is 1. The number of nitrogens with zero attached hydrogens (tertiary/aromatic N) is 1. The topological polar surface area (TPSA) is 82.3 Å². The largest absolute Gasteiger partial charge is 0.482 e. The summed E-state index contributed by atoms with van der Waals surface area (Å²) in [6, 6.07) is 16.4. The van der Waals surface area contributed by atoms with E-state index in [1.54, 1.807) is 24.3 Å². The molecule has 0 atom stereocenters. The van der Waals surface area contributed by atoms with Gasteiger partial charge in [-0.2, -0.15) is 5.26 Å². The maximum Gasteiger partial charge on any atom is 0.257 e. The molecule has 0 heterocycles. The molecule has 0 spiro atoms. The summed E-state index contributed by atoms with van der Waals surface area (Å²) < 4.78 is 5.36. The standard InChI is InChI=1S/C18H18N2O3/c19-11-16-3-1-2-4-17(16)23-13-18(22)20-10-9-14-5-7-15(12-21)8-6-14/h1-8,21H,9-10,12-13H2,(H,20,22). The first-order valence-corrected chi connectivity index (χ1v) is 7.30. The molecule has 23 heavy (non-hydrogen) atoms. The Balaban J connectivity index is 1.73. The van der Waals surface area contributed by atoms with E-state index in [1.165, 1.54) is 0 Å². The third kappa shape index (κ3) is 5.13. The Bertz CT molecular complexity index is 690. The molecule has 1 amide bonds. The molecule has 0 aliphatic heterocycles. The van der Waals surface area contributed by atoms with Crippen LogP contribution in [0.1, 0.15) is 16.7 Å². The van der Waals surface area contributed by atoms with E-state index in [9.17, 15) is 4.79 Å². The van der Waals surface area contributed by atoms with Gasteiger partial charge in [-0.3, -0.25) is 4.79 Å². The number of amides is 1. The fraction of sp³-hybridized carbons (Fsp3) is 0.222. The second kappa shape index (κ2) is 8.57. The lowest BCUT2D eigenvalue weighted by Gasteiger charge is -2.08. The van der Waals surface area contributed by atoms with Crippen molar-refractivity contribution in [1.29, 1.82) is 5.26 Å². The molecule has 118 valence electrons. The first kappa shape index (κ1) is 16.5. The van der Waals surface area contributed by atoms with Crippen LogP contribution in [0.25, 0.3) is 0 Å². The molecule has 5 heteroatoms. The molecule has 0 aliphatic rings. The number of hydrogen-bond acceptors (Lipinski definition) is 4. The van der Waals surface area contributed by atoms with Gasteiger partial charge in [-0.15, -0.1) is 0 Å². The number of nitriles is 1. The van der Waals surface area contributed by atoms with Crippen molar-refractivity contribution in [2.75, 3.05) is 13.2 Å². The van der Waals surface area contributed by atoms with Crippen LogP contribution in [0, 0.1) is 11.3 Å². The van der Waals surface area contributed by atoms with E-state index in [4.69, 9.17) is 15.1 Å². The van der Waals surface area contributed by atoms with Gasteiger partial charge in [0.1, 0.15) is 11.8 Å². The summed E-state index contributed by atoms with van der Waals surface area (Å²) in [5, 5.41) is 20.7. The van der Waals surface area contributed by atoms with Crippen molar-refractivity contribution in [3.63, 3.8) is 0 Å². The average Bonchev–Trinajstić information content (AvgIpc) is 2.60. The van der Waals surface area contributed by atoms with Gasteiger partial charge in [-0.25, -0.2) is 0 Å². The van der Waals surface area contributed by atoms with Gasteiger partial charge in [-0.1, -0.05) is 36.4 Å². The van der Waals surface area contributed by atoms with E-state index in [0.29, 0.717) is 24.3 Å². The molecule has 0 fully saturated rings. The molecule has 0 radical (unpaired) electrons. The van der Waals surface area contributed by atoms with Crippen LogP contribution in [0.5, 0.6) is 5.75 Å². The maximum atomic E-state index is 11.8. The highest BCUT2D eigenvalue weighted by molar-refractivity contribution is 5.77. The molecular formula is C18H18N2O3. The van der Waals surface area contributed by atoms with Crippen LogP contribution in [0.4, 0.5) is 0 Å². The molecule has 5 nitrogen and oxygen atoms in total. The molecule has 0 aromatic heterocycles. The van der Waals surface area contributed by atoms with Gasteiger partial charge in [0.25, 0.3) is 5.91 Å². The van der Waals surface area contributed by atoms with Gasteiger partial charge >= 0.3 is 0 Å². The summed E-state index contributed by atoms with van der Waals surface area (Å²) in [4.78, 5) is 11.8. The van der Waals surface area contributed by atoms with Gasteiger partial charge < -0.3 is 15.2 Å². The first-order valence-electron chi connectivity index (χ1n) is 7.30. The van der Waals surface area contributed by atoms with Gasteiger partial charge in [0.2, 0.25) is 0 Å². The first-order chi connectivity index (χ1) is 11.2. The molecule has 0 aliphatic carbocycles. The second-order valence-corrected chi connectivity index (χ2v) is 4.97. The molecule has 0 saturated carbocycles. The highest BCUT2D eigenvalue weighted by atomic mass is 16.5. The Morgan fingerprint density at radius 2 is 1.83 bits per heavy atom. The molecule has 0 bridgehead atoms. The van der Waals surface area contributed by atoms with Gasteiger partial charge in [0, 0.05) is 6.54 Å². The van der Waals surface area contributed by atoms with Crippen molar-refractivity contribution in [2.24, 2.45) is 0 Å². The zero-order valence-corrected chi connectivity index (χ0v) is 12.7. The quantitative estimate of drug-likeness (QED) is 0.817. The summed E-state index contributed by atoms with van der Waals surface area (Å²) >= 11 is 0. The zero-order valence-electron chi connectivity index (χ0n) is 12.7. The summed E-state index contributed by atoms with van der Waals surface area (Å²) in [6.45, 7) is 0.404. The lowest BCUT2D eigenvalue weighted by atomic mass is 10.1. The minimum absolute atomic E-state index is 0.0263. The summed E-state index contributed by atoms with van der Waals surface area (Å²) in [5.41, 5.74) is 2.35. The second-order valence-electron chi connectivity index (χ2n) is 4.97. The highest BCUT2D eigenvalue weighted by Crippen LogP contribution is 2.16. The normalized spacial score (nSPS) is 9.91. The van der Waals surface area contributed by atoms with Crippen LogP contribution < -0.4 is 10.1 Å². The van der Waals surface area contributed by atoms with Crippen LogP contribution in [-0.2, 0) is 17.8 Å². The number of para-hydroxylation sites is 1. The van der Waals surface area contributed by atoms with Crippen molar-refractivity contribution in [2.45, 2.75) is 13.0 Å². The van der Waals surface area contributed by atoms with Gasteiger partial charge in [0.05, 0.1) is 12.2 Å². The van der Waals surface area contributed by atoms with Crippen LogP contribution >= 0.6 is 0 Å². The zero-order chi connectivity index (χ0) is 16.5. The lowest BCUT2D eigenvalue weighted by Crippen LogP contribution is -2.30. The maximum absolute atomic E-state index is 11.8. The molecule has 0 saturated heterocycles. The highest BCUT2D eigenvalue weighted by Gasteiger charge is 2.06. The monoisotopic (exact) mass is 310 g/mol. The van der Waals surface area contributed by atoms with Crippen molar-refractivity contribution >= 4 is 5.91 Å². The van der Waals surface area contributed by atoms with E-state index < -0.39 is 0 Å². The lowest BCUT2D eigenvalue weighted by molar-refractivity contribution is -0.123. The van der Waals surface area contributed by atoms with Crippen LogP contribution in [0.2, 0.25) is 0 Å². The van der Waals surface area contributed by atoms with Crippen LogP contribution in [0.15, 0.2) is 48.5 Å². The van der Waals surface area contributed by atoms with Gasteiger partial charge in [0.15, 0.2) is 6.61 Å². The summed E-state index contributed by atoms with van der Waals surface area (Å²) in [5.74, 6) is 0.175. The predicted molar refractivity (Wildman–Crippen MR) is 85.7 cm³/mol.